The van der Waals surface area contributed by atoms with Gasteiger partial charge in [-0.25, -0.2) is 0 Å². The van der Waals surface area contributed by atoms with Crippen molar-refractivity contribution in [2.75, 3.05) is 27.4 Å². The van der Waals surface area contributed by atoms with Crippen molar-refractivity contribution in [3.05, 3.63) is 24.0 Å². The van der Waals surface area contributed by atoms with Crippen LogP contribution in [0, 0.1) is 0 Å². The van der Waals surface area contributed by atoms with Gasteiger partial charge >= 0.3 is 0 Å². The maximum Gasteiger partial charge on any atom is 0.234 e. The highest BCUT2D eigenvalue weighted by atomic mass is 32.1. The zero-order valence-corrected chi connectivity index (χ0v) is 14.1. The van der Waals surface area contributed by atoms with Gasteiger partial charge in [-0.2, -0.15) is 9.61 Å². The number of aromatic nitrogens is 4. The van der Waals surface area contributed by atoms with Crippen molar-refractivity contribution in [2.24, 2.45) is 0 Å². The van der Waals surface area contributed by atoms with Gasteiger partial charge in [-0.3, -0.25) is 0 Å². The minimum atomic E-state index is 0.588. The van der Waals surface area contributed by atoms with Crippen LogP contribution in [0.25, 0.3) is 15.5 Å². The Bertz CT molecular complexity index is 799. The van der Waals surface area contributed by atoms with Crippen LogP contribution in [0.4, 0.5) is 0 Å². The van der Waals surface area contributed by atoms with Crippen molar-refractivity contribution < 1.29 is 14.2 Å². The van der Waals surface area contributed by atoms with Crippen LogP contribution in [0.5, 0.6) is 11.5 Å². The normalized spacial score (nSPS) is 11.1. The Balaban J connectivity index is 1.95. The topological polar surface area (TPSA) is 70.8 Å². The number of hydrogen-bond donors (Lipinski definition) is 0. The van der Waals surface area contributed by atoms with Crippen molar-refractivity contribution in [1.82, 2.24) is 19.8 Å². The third kappa shape index (κ3) is 3.13. The molecule has 0 bridgehead atoms. The van der Waals surface area contributed by atoms with E-state index in [1.54, 1.807) is 18.7 Å². The van der Waals surface area contributed by atoms with E-state index < -0.39 is 0 Å². The number of methoxy groups -OCH3 is 2. The first-order valence-electron chi connectivity index (χ1n) is 7.28. The summed E-state index contributed by atoms with van der Waals surface area (Å²) in [7, 11) is 3.29. The minimum Gasteiger partial charge on any atom is -0.493 e. The van der Waals surface area contributed by atoms with Crippen molar-refractivity contribution in [1.29, 1.82) is 0 Å². The van der Waals surface area contributed by atoms with Gasteiger partial charge in [0.25, 0.3) is 0 Å². The lowest BCUT2D eigenvalue weighted by atomic mass is 10.2. The van der Waals surface area contributed by atoms with E-state index in [1.807, 2.05) is 25.1 Å². The Morgan fingerprint density at radius 2 is 2.04 bits per heavy atom. The molecule has 2 heterocycles. The van der Waals surface area contributed by atoms with Crippen molar-refractivity contribution in [3.8, 4) is 22.1 Å². The molecule has 0 amide bonds. The highest BCUT2D eigenvalue weighted by Gasteiger charge is 2.14. The van der Waals surface area contributed by atoms with E-state index in [1.165, 1.54) is 11.3 Å². The molecule has 0 unspecified atom stereocenters. The Kier molecular flexibility index (Phi) is 4.73. The van der Waals surface area contributed by atoms with Gasteiger partial charge in [0.1, 0.15) is 5.01 Å². The summed E-state index contributed by atoms with van der Waals surface area (Å²) in [5.41, 5.74) is 0.957. The van der Waals surface area contributed by atoms with Gasteiger partial charge in [0.15, 0.2) is 17.3 Å². The van der Waals surface area contributed by atoms with Crippen LogP contribution in [-0.2, 0) is 11.2 Å². The first kappa shape index (κ1) is 15.7. The Labute approximate surface area is 137 Å². The monoisotopic (exact) mass is 334 g/mol. The molecule has 122 valence electrons. The lowest BCUT2D eigenvalue weighted by molar-refractivity contribution is 0.200. The Morgan fingerprint density at radius 1 is 1.17 bits per heavy atom. The lowest BCUT2D eigenvalue weighted by Crippen LogP contribution is -2.01. The van der Waals surface area contributed by atoms with Gasteiger partial charge in [0.2, 0.25) is 4.96 Å². The minimum absolute atomic E-state index is 0.588. The van der Waals surface area contributed by atoms with E-state index in [0.29, 0.717) is 25.4 Å². The summed E-state index contributed by atoms with van der Waals surface area (Å²) in [5, 5.41) is 13.8. The molecule has 8 heteroatoms. The van der Waals surface area contributed by atoms with Crippen LogP contribution in [0.15, 0.2) is 18.2 Å². The fourth-order valence-corrected chi connectivity index (χ4v) is 3.05. The molecular weight excluding hydrogens is 316 g/mol. The van der Waals surface area contributed by atoms with E-state index >= 15 is 0 Å². The van der Waals surface area contributed by atoms with Gasteiger partial charge in [0.05, 0.1) is 20.3 Å². The van der Waals surface area contributed by atoms with Crippen LogP contribution < -0.4 is 9.47 Å². The van der Waals surface area contributed by atoms with Crippen molar-refractivity contribution in [2.45, 2.75) is 13.3 Å². The molecule has 0 saturated carbocycles. The lowest BCUT2D eigenvalue weighted by Gasteiger charge is -2.09. The van der Waals surface area contributed by atoms with Crippen molar-refractivity contribution >= 4 is 16.3 Å². The summed E-state index contributed by atoms with van der Waals surface area (Å²) in [4.78, 5) is 0.763. The van der Waals surface area contributed by atoms with E-state index in [4.69, 9.17) is 14.2 Å². The van der Waals surface area contributed by atoms with Gasteiger partial charge in [-0.1, -0.05) is 11.3 Å². The molecule has 0 aliphatic carbocycles. The molecule has 0 spiro atoms. The van der Waals surface area contributed by atoms with Crippen LogP contribution in [0.1, 0.15) is 12.7 Å². The van der Waals surface area contributed by atoms with Crippen LogP contribution in [0.2, 0.25) is 0 Å². The zero-order chi connectivity index (χ0) is 16.2. The molecule has 0 atom stereocenters. The summed E-state index contributed by atoms with van der Waals surface area (Å²) >= 11 is 1.48. The molecule has 7 nitrogen and oxygen atoms in total. The Hall–Kier alpha value is -2.19. The maximum absolute atomic E-state index is 5.54. The molecular formula is C15H18N4O3S. The first-order chi connectivity index (χ1) is 11.3. The molecule has 0 aliphatic rings. The van der Waals surface area contributed by atoms with Crippen LogP contribution in [-0.4, -0.2) is 47.2 Å². The Morgan fingerprint density at radius 3 is 2.78 bits per heavy atom. The molecule has 3 rings (SSSR count). The molecule has 0 N–H and O–H groups in total. The average Bonchev–Trinajstić information content (AvgIpc) is 3.14. The third-order valence-electron chi connectivity index (χ3n) is 3.30. The van der Waals surface area contributed by atoms with Gasteiger partial charge < -0.3 is 14.2 Å². The largest absolute Gasteiger partial charge is 0.493 e. The number of rotatable bonds is 7. The van der Waals surface area contributed by atoms with E-state index in [2.05, 4.69) is 15.3 Å². The molecule has 2 aromatic heterocycles. The second-order valence-corrected chi connectivity index (χ2v) is 5.72. The predicted molar refractivity (Wildman–Crippen MR) is 87.4 cm³/mol. The van der Waals surface area contributed by atoms with E-state index in [0.717, 1.165) is 27.1 Å². The summed E-state index contributed by atoms with van der Waals surface area (Å²) in [6, 6.07) is 5.78. The second kappa shape index (κ2) is 6.93. The molecule has 3 aromatic rings. The number of nitrogens with zero attached hydrogens (tertiary/aromatic N) is 4. The zero-order valence-electron chi connectivity index (χ0n) is 13.3. The van der Waals surface area contributed by atoms with E-state index in [9.17, 15) is 0 Å². The third-order valence-corrected chi connectivity index (χ3v) is 4.24. The SMILES string of the molecule is CCOc1ccc(-c2nn3c(CCOC)nnc3s2)cc1OC. The number of ether oxygens (including phenoxy) is 3. The number of benzene rings is 1. The standard InChI is InChI=1S/C15H18N4O3S/c1-4-22-11-6-5-10(9-12(11)21-3)14-18-19-13(7-8-20-2)16-17-15(19)23-14/h5-6,9H,4,7-8H2,1-3H3. The molecule has 0 aliphatic heterocycles. The van der Waals surface area contributed by atoms with Gasteiger partial charge in [-0.15, -0.1) is 10.2 Å². The van der Waals surface area contributed by atoms with E-state index in [-0.39, 0.29) is 0 Å². The smallest absolute Gasteiger partial charge is 0.234 e. The predicted octanol–water partition coefficient (Wildman–Crippen LogP) is 2.45. The number of fused-ring (bicyclic) bond motifs is 1. The summed E-state index contributed by atoms with van der Waals surface area (Å²) in [5.74, 6) is 2.21. The molecule has 0 radical (unpaired) electrons. The highest BCUT2D eigenvalue weighted by molar-refractivity contribution is 7.19. The number of hydrogen-bond acceptors (Lipinski definition) is 7. The summed E-state index contributed by atoms with van der Waals surface area (Å²) in [6.07, 6.45) is 0.674. The maximum atomic E-state index is 5.54. The molecule has 0 saturated heterocycles. The van der Waals surface area contributed by atoms with Gasteiger partial charge in [-0.05, 0) is 25.1 Å². The molecule has 23 heavy (non-hydrogen) atoms. The van der Waals surface area contributed by atoms with Crippen LogP contribution >= 0.6 is 11.3 Å². The summed E-state index contributed by atoms with van der Waals surface area (Å²) in [6.45, 7) is 3.12. The average molecular weight is 334 g/mol. The quantitative estimate of drug-likeness (QED) is 0.661. The highest BCUT2D eigenvalue weighted by Crippen LogP contribution is 2.34. The summed E-state index contributed by atoms with van der Waals surface area (Å²) < 4.78 is 17.8. The molecule has 0 fully saturated rings. The van der Waals surface area contributed by atoms with Crippen LogP contribution in [0.3, 0.4) is 0 Å². The fraction of sp³-hybridized carbons (Fsp3) is 0.400. The molecule has 1 aromatic carbocycles. The fourth-order valence-electron chi connectivity index (χ4n) is 2.20. The van der Waals surface area contributed by atoms with Gasteiger partial charge in [0, 0.05) is 19.1 Å². The first-order valence-corrected chi connectivity index (χ1v) is 8.09. The second-order valence-electron chi connectivity index (χ2n) is 4.76. The van der Waals surface area contributed by atoms with Crippen molar-refractivity contribution in [3.63, 3.8) is 0 Å².